The summed E-state index contributed by atoms with van der Waals surface area (Å²) in [4.78, 5) is 4.00. The third kappa shape index (κ3) is 3.23. The van der Waals surface area contributed by atoms with E-state index in [2.05, 4.69) is 4.98 Å². The quantitative estimate of drug-likeness (QED) is 0.798. The van der Waals surface area contributed by atoms with E-state index in [0.29, 0.717) is 12.4 Å². The molecule has 1 aromatic heterocycles. The van der Waals surface area contributed by atoms with Gasteiger partial charge in [0.25, 0.3) is 9.05 Å². The predicted octanol–water partition coefficient (Wildman–Crippen LogP) is 2.69. The van der Waals surface area contributed by atoms with Crippen molar-refractivity contribution in [1.29, 1.82) is 0 Å². The molecule has 0 aliphatic carbocycles. The van der Waals surface area contributed by atoms with Crippen LogP contribution in [0.4, 0.5) is 0 Å². The molecule has 1 rings (SSSR count). The van der Waals surface area contributed by atoms with E-state index in [0.717, 1.165) is 0 Å². The molecule has 16 heavy (non-hydrogen) atoms. The lowest BCUT2D eigenvalue weighted by Gasteiger charge is -2.06. The van der Waals surface area contributed by atoms with Crippen LogP contribution in [0, 0.1) is 0 Å². The van der Waals surface area contributed by atoms with Gasteiger partial charge in [-0.25, -0.2) is 13.4 Å². The van der Waals surface area contributed by atoms with E-state index >= 15 is 0 Å². The fourth-order valence-electron chi connectivity index (χ4n) is 1.28. The van der Waals surface area contributed by atoms with Crippen LogP contribution < -0.4 is 0 Å². The van der Waals surface area contributed by atoms with Gasteiger partial charge in [-0.15, -0.1) is 0 Å². The van der Waals surface area contributed by atoms with Crippen molar-refractivity contribution in [1.82, 2.24) is 9.55 Å². The van der Waals surface area contributed by atoms with Gasteiger partial charge < -0.3 is 4.57 Å². The Labute approximate surface area is 104 Å². The normalized spacial score (nSPS) is 12.8. The number of nitrogens with zero attached hydrogens (tertiary/aromatic N) is 2. The molecule has 0 unspecified atom stereocenters. The highest BCUT2D eigenvalue weighted by Gasteiger charge is 2.18. The summed E-state index contributed by atoms with van der Waals surface area (Å²) in [6, 6.07) is 0. The molecule has 0 aromatic carbocycles. The summed E-state index contributed by atoms with van der Waals surface area (Å²) in [5.41, 5.74) is 1.37. The average molecular weight is 283 g/mol. The molecule has 1 heterocycles. The highest BCUT2D eigenvalue weighted by Crippen LogP contribution is 2.19. The SMILES string of the molecule is CC(C)c1nc(S(=O)(=O)Cl)cn1C/C=C/Cl. The topological polar surface area (TPSA) is 52.0 Å². The minimum Gasteiger partial charge on any atom is -0.329 e. The molecule has 0 N–H and O–H groups in total. The van der Waals surface area contributed by atoms with Crippen LogP contribution in [0.15, 0.2) is 22.8 Å². The molecule has 0 atom stereocenters. The van der Waals surface area contributed by atoms with E-state index in [1.807, 2.05) is 13.8 Å². The molecule has 0 fully saturated rings. The van der Waals surface area contributed by atoms with Crippen molar-refractivity contribution in [3.63, 3.8) is 0 Å². The molecule has 0 radical (unpaired) electrons. The summed E-state index contributed by atoms with van der Waals surface area (Å²) in [5, 5.41) is -0.124. The number of rotatable bonds is 4. The lowest BCUT2D eigenvalue weighted by molar-refractivity contribution is 0.606. The number of aromatic nitrogens is 2. The maximum atomic E-state index is 11.1. The van der Waals surface area contributed by atoms with Crippen molar-refractivity contribution in [2.75, 3.05) is 0 Å². The monoisotopic (exact) mass is 282 g/mol. The van der Waals surface area contributed by atoms with Crippen molar-refractivity contribution in [3.05, 3.63) is 23.6 Å². The zero-order valence-corrected chi connectivity index (χ0v) is 11.2. The summed E-state index contributed by atoms with van der Waals surface area (Å²) in [6.07, 6.45) is 3.11. The molecule has 4 nitrogen and oxygen atoms in total. The highest BCUT2D eigenvalue weighted by atomic mass is 35.7. The summed E-state index contributed by atoms with van der Waals surface area (Å²) in [5.74, 6) is 0.768. The van der Waals surface area contributed by atoms with Gasteiger partial charge in [0.1, 0.15) is 5.82 Å². The summed E-state index contributed by atoms with van der Waals surface area (Å²) < 4.78 is 24.0. The minimum atomic E-state index is -3.78. The Bertz CT molecular complexity index is 492. The maximum absolute atomic E-state index is 11.1. The first-order chi connectivity index (χ1) is 7.36. The van der Waals surface area contributed by atoms with E-state index in [9.17, 15) is 8.42 Å². The van der Waals surface area contributed by atoms with Crippen molar-refractivity contribution >= 4 is 31.3 Å². The van der Waals surface area contributed by atoms with Gasteiger partial charge >= 0.3 is 0 Å². The third-order valence-electron chi connectivity index (χ3n) is 1.94. The van der Waals surface area contributed by atoms with Gasteiger partial charge in [-0.05, 0) is 0 Å². The lowest BCUT2D eigenvalue weighted by Crippen LogP contribution is -2.02. The van der Waals surface area contributed by atoms with Gasteiger partial charge in [-0.3, -0.25) is 0 Å². The Morgan fingerprint density at radius 2 is 2.19 bits per heavy atom. The van der Waals surface area contributed by atoms with Gasteiger partial charge in [0, 0.05) is 34.9 Å². The predicted molar refractivity (Wildman–Crippen MR) is 64.3 cm³/mol. The van der Waals surface area contributed by atoms with E-state index in [1.54, 1.807) is 10.6 Å². The molecule has 0 spiro atoms. The second-order valence-corrected chi connectivity index (χ2v) is 6.31. The molecule has 0 bridgehead atoms. The number of hydrogen-bond donors (Lipinski definition) is 0. The average Bonchev–Trinajstić information content (AvgIpc) is 2.57. The minimum absolute atomic E-state index is 0.107. The van der Waals surface area contributed by atoms with E-state index in [1.165, 1.54) is 11.7 Å². The number of imidazole rings is 1. The zero-order chi connectivity index (χ0) is 12.3. The van der Waals surface area contributed by atoms with Crippen molar-refractivity contribution in [2.45, 2.75) is 31.3 Å². The van der Waals surface area contributed by atoms with Crippen LogP contribution in [0.2, 0.25) is 0 Å². The lowest BCUT2D eigenvalue weighted by atomic mass is 10.2. The molecular formula is C9H12Cl2N2O2S. The van der Waals surface area contributed by atoms with Crippen molar-refractivity contribution in [3.8, 4) is 0 Å². The Hall–Kier alpha value is -0.520. The summed E-state index contributed by atoms with van der Waals surface area (Å²) >= 11 is 5.42. The Balaban J connectivity index is 3.20. The Morgan fingerprint density at radius 1 is 1.56 bits per heavy atom. The first kappa shape index (κ1) is 13.5. The van der Waals surface area contributed by atoms with Crippen LogP contribution >= 0.6 is 22.3 Å². The molecule has 0 amide bonds. The van der Waals surface area contributed by atoms with Crippen LogP contribution in [0.25, 0.3) is 0 Å². The molecule has 1 aromatic rings. The summed E-state index contributed by atoms with van der Waals surface area (Å²) in [6.45, 7) is 4.32. The number of allylic oxidation sites excluding steroid dienone is 1. The van der Waals surface area contributed by atoms with Gasteiger partial charge in [0.2, 0.25) is 0 Å². The highest BCUT2D eigenvalue weighted by molar-refractivity contribution is 8.13. The van der Waals surface area contributed by atoms with E-state index in [-0.39, 0.29) is 10.9 Å². The van der Waals surface area contributed by atoms with E-state index < -0.39 is 9.05 Å². The fraction of sp³-hybridized carbons (Fsp3) is 0.444. The molecule has 7 heteroatoms. The smallest absolute Gasteiger partial charge is 0.280 e. The summed E-state index contributed by atoms with van der Waals surface area (Å²) in [7, 11) is 1.46. The first-order valence-electron chi connectivity index (χ1n) is 4.63. The molecule has 90 valence electrons. The van der Waals surface area contributed by atoms with Crippen LogP contribution in [-0.2, 0) is 15.6 Å². The van der Waals surface area contributed by atoms with Crippen LogP contribution in [0.1, 0.15) is 25.6 Å². The van der Waals surface area contributed by atoms with Crippen LogP contribution in [0.3, 0.4) is 0 Å². The largest absolute Gasteiger partial charge is 0.329 e. The van der Waals surface area contributed by atoms with Gasteiger partial charge in [-0.1, -0.05) is 31.5 Å². The maximum Gasteiger partial charge on any atom is 0.280 e. The Morgan fingerprint density at radius 3 is 2.62 bits per heavy atom. The molecule has 0 aliphatic heterocycles. The van der Waals surface area contributed by atoms with Crippen LogP contribution in [0.5, 0.6) is 0 Å². The number of halogens is 2. The fourth-order valence-corrected chi connectivity index (χ4v) is 2.04. The van der Waals surface area contributed by atoms with Gasteiger partial charge in [-0.2, -0.15) is 0 Å². The molecule has 0 saturated carbocycles. The third-order valence-corrected chi connectivity index (χ3v) is 3.29. The zero-order valence-electron chi connectivity index (χ0n) is 8.89. The second kappa shape index (κ2) is 5.21. The van der Waals surface area contributed by atoms with Gasteiger partial charge in [0.05, 0.1) is 0 Å². The second-order valence-electron chi connectivity index (χ2n) is 3.54. The molecular weight excluding hydrogens is 271 g/mol. The molecule has 0 aliphatic rings. The molecule has 0 saturated heterocycles. The Kier molecular flexibility index (Phi) is 4.41. The van der Waals surface area contributed by atoms with Crippen LogP contribution in [-0.4, -0.2) is 18.0 Å². The first-order valence-corrected chi connectivity index (χ1v) is 7.37. The number of hydrogen-bond acceptors (Lipinski definition) is 3. The standard InChI is InChI=1S/C9H12Cl2N2O2S/c1-7(2)9-12-8(16(11,14)15)6-13(9)5-3-4-10/h3-4,6-7H,5H2,1-2H3/b4-3+. The van der Waals surface area contributed by atoms with Gasteiger partial charge in [0.15, 0.2) is 5.03 Å². The van der Waals surface area contributed by atoms with E-state index in [4.69, 9.17) is 22.3 Å². The van der Waals surface area contributed by atoms with Crippen molar-refractivity contribution in [2.24, 2.45) is 0 Å². The van der Waals surface area contributed by atoms with Crippen molar-refractivity contribution < 1.29 is 8.42 Å².